The molecule has 2 amide bonds. The first-order valence-corrected chi connectivity index (χ1v) is 10.7. The second kappa shape index (κ2) is 8.42. The van der Waals surface area contributed by atoms with Crippen molar-refractivity contribution in [3.63, 3.8) is 0 Å². The number of hydrogen-bond donors (Lipinski definition) is 4. The molecular formula is C24H22N4O5. The summed E-state index contributed by atoms with van der Waals surface area (Å²) in [6.07, 6.45) is -0.106. The number of aromatic amines is 1. The molecule has 0 bridgehead atoms. The van der Waals surface area contributed by atoms with E-state index in [4.69, 9.17) is 9.84 Å². The average Bonchev–Trinajstić information content (AvgIpc) is 3.35. The van der Waals surface area contributed by atoms with Crippen molar-refractivity contribution in [1.82, 2.24) is 15.5 Å². The van der Waals surface area contributed by atoms with Crippen LogP contribution in [-0.4, -0.2) is 46.4 Å². The van der Waals surface area contributed by atoms with Gasteiger partial charge in [-0.25, -0.2) is 4.79 Å². The molecule has 2 aliphatic rings. The largest absolute Gasteiger partial charge is 0.481 e. The Bertz CT molecular complexity index is 1190. The number of carbonyl (C=O) groups excluding carboxylic acids is 2. The van der Waals surface area contributed by atoms with Crippen LogP contribution in [0.4, 0.5) is 10.6 Å². The second-order valence-corrected chi connectivity index (χ2v) is 8.27. The van der Waals surface area contributed by atoms with Crippen LogP contribution < -0.4 is 10.6 Å². The minimum atomic E-state index is -0.842. The van der Waals surface area contributed by atoms with Crippen molar-refractivity contribution in [2.45, 2.75) is 12.3 Å². The van der Waals surface area contributed by atoms with Crippen LogP contribution in [0.15, 0.2) is 54.6 Å². The van der Waals surface area contributed by atoms with Gasteiger partial charge >= 0.3 is 12.1 Å². The van der Waals surface area contributed by atoms with E-state index in [-0.39, 0.29) is 36.5 Å². The molecule has 168 valence electrons. The van der Waals surface area contributed by atoms with E-state index >= 15 is 0 Å². The summed E-state index contributed by atoms with van der Waals surface area (Å²) in [4.78, 5) is 35.4. The van der Waals surface area contributed by atoms with Crippen LogP contribution in [0.3, 0.4) is 0 Å². The standard InChI is InChI=1S/C24H22N4O5/c29-22(25-11-13-9-18(13)23(30)31)20-10-21(28-27-20)26-24(32)33-12-19-16-7-3-1-5-14(16)15-6-2-4-8-17(15)19/h1-8,10,13,18-19H,9,11-12H2,(H,25,29)(H,30,31)(H2,26,27,28,32). The van der Waals surface area contributed by atoms with Crippen LogP contribution in [0.5, 0.6) is 0 Å². The van der Waals surface area contributed by atoms with Gasteiger partial charge in [-0.05, 0) is 34.6 Å². The molecule has 2 atom stereocenters. The fraction of sp³-hybridized carbons (Fsp3) is 0.250. The van der Waals surface area contributed by atoms with E-state index in [1.165, 1.54) is 6.07 Å². The second-order valence-electron chi connectivity index (χ2n) is 8.27. The number of carboxylic acids is 1. The summed E-state index contributed by atoms with van der Waals surface area (Å²) in [5.41, 5.74) is 4.69. The van der Waals surface area contributed by atoms with Gasteiger partial charge in [-0.1, -0.05) is 48.5 Å². The molecule has 0 saturated heterocycles. The minimum absolute atomic E-state index is 0.0483. The molecule has 4 N–H and O–H groups in total. The number of aliphatic carboxylic acids is 1. The predicted octanol–water partition coefficient (Wildman–Crippen LogP) is 3.22. The molecule has 2 aliphatic carbocycles. The van der Waals surface area contributed by atoms with Crippen LogP contribution in [-0.2, 0) is 9.53 Å². The van der Waals surface area contributed by atoms with Crippen molar-refractivity contribution >= 4 is 23.8 Å². The number of rotatable bonds is 7. The van der Waals surface area contributed by atoms with Crippen molar-refractivity contribution in [2.75, 3.05) is 18.5 Å². The van der Waals surface area contributed by atoms with Crippen molar-refractivity contribution in [2.24, 2.45) is 11.8 Å². The number of ether oxygens (including phenoxy) is 1. The van der Waals surface area contributed by atoms with E-state index in [1.54, 1.807) is 0 Å². The van der Waals surface area contributed by atoms with Crippen molar-refractivity contribution in [1.29, 1.82) is 0 Å². The molecular weight excluding hydrogens is 424 g/mol. The number of benzene rings is 2. The smallest absolute Gasteiger partial charge is 0.412 e. The summed E-state index contributed by atoms with van der Waals surface area (Å²) >= 11 is 0. The third kappa shape index (κ3) is 4.17. The van der Waals surface area contributed by atoms with Crippen molar-refractivity contribution in [3.8, 4) is 11.1 Å². The first kappa shape index (κ1) is 20.7. The molecule has 1 fully saturated rings. The number of nitrogens with one attached hydrogen (secondary N) is 3. The molecule has 0 aliphatic heterocycles. The maximum absolute atomic E-state index is 12.4. The lowest BCUT2D eigenvalue weighted by Gasteiger charge is -2.14. The Morgan fingerprint density at radius 3 is 2.36 bits per heavy atom. The zero-order valence-electron chi connectivity index (χ0n) is 17.6. The molecule has 0 spiro atoms. The summed E-state index contributed by atoms with van der Waals surface area (Å²) in [7, 11) is 0. The first-order valence-electron chi connectivity index (χ1n) is 10.7. The van der Waals surface area contributed by atoms with E-state index in [0.717, 1.165) is 22.3 Å². The first-order chi connectivity index (χ1) is 16.0. The van der Waals surface area contributed by atoms with Gasteiger partial charge in [0.2, 0.25) is 0 Å². The van der Waals surface area contributed by atoms with Gasteiger partial charge in [0.25, 0.3) is 5.91 Å². The fourth-order valence-corrected chi connectivity index (χ4v) is 4.34. The quantitative estimate of drug-likeness (QED) is 0.440. The summed E-state index contributed by atoms with van der Waals surface area (Å²) in [6.45, 7) is 0.452. The zero-order valence-corrected chi connectivity index (χ0v) is 17.6. The molecule has 9 heteroatoms. The van der Waals surface area contributed by atoms with Gasteiger partial charge in [-0.15, -0.1) is 0 Å². The Labute approximate surface area is 189 Å². The number of hydrogen-bond acceptors (Lipinski definition) is 5. The van der Waals surface area contributed by atoms with Gasteiger partial charge in [0.15, 0.2) is 5.82 Å². The Morgan fingerprint density at radius 2 is 1.73 bits per heavy atom. The van der Waals surface area contributed by atoms with Crippen LogP contribution in [0.1, 0.15) is 34.0 Å². The molecule has 9 nitrogen and oxygen atoms in total. The predicted molar refractivity (Wildman–Crippen MR) is 119 cm³/mol. The van der Waals surface area contributed by atoms with E-state index in [2.05, 4.69) is 33.0 Å². The third-order valence-corrected chi connectivity index (χ3v) is 6.16. The lowest BCUT2D eigenvalue weighted by atomic mass is 9.98. The summed E-state index contributed by atoms with van der Waals surface area (Å²) in [5.74, 6) is -1.59. The maximum atomic E-state index is 12.4. The molecule has 0 radical (unpaired) electrons. The average molecular weight is 446 g/mol. The number of fused-ring (bicyclic) bond motifs is 3. The molecule has 5 rings (SSSR count). The molecule has 3 aromatic rings. The molecule has 2 unspecified atom stereocenters. The highest BCUT2D eigenvalue weighted by Gasteiger charge is 2.43. The highest BCUT2D eigenvalue weighted by atomic mass is 16.5. The summed E-state index contributed by atoms with van der Waals surface area (Å²) in [5, 5.41) is 20.6. The van der Waals surface area contributed by atoms with E-state index in [9.17, 15) is 14.4 Å². The van der Waals surface area contributed by atoms with E-state index < -0.39 is 23.9 Å². The Balaban J connectivity index is 1.15. The highest BCUT2D eigenvalue weighted by molar-refractivity contribution is 5.94. The van der Waals surface area contributed by atoms with Gasteiger partial charge in [0.1, 0.15) is 12.3 Å². The maximum Gasteiger partial charge on any atom is 0.412 e. The number of nitrogens with zero attached hydrogens (tertiary/aromatic N) is 1. The highest BCUT2D eigenvalue weighted by Crippen LogP contribution is 2.44. The van der Waals surface area contributed by atoms with Crippen molar-refractivity contribution < 1.29 is 24.2 Å². The van der Waals surface area contributed by atoms with E-state index in [1.807, 2.05) is 36.4 Å². The van der Waals surface area contributed by atoms with Gasteiger partial charge in [-0.3, -0.25) is 20.0 Å². The van der Waals surface area contributed by atoms with Gasteiger partial charge < -0.3 is 15.2 Å². The van der Waals surface area contributed by atoms with Gasteiger partial charge in [0.05, 0.1) is 5.92 Å². The van der Waals surface area contributed by atoms with Crippen LogP contribution in [0.25, 0.3) is 11.1 Å². The number of carboxylic acid groups (broad SMARTS) is 1. The topological polar surface area (TPSA) is 133 Å². The SMILES string of the molecule is O=C(Nc1cc(C(=O)NCC2CC2C(=O)O)[nH]n1)OCC1c2ccccc2-c2ccccc21. The van der Waals surface area contributed by atoms with Crippen molar-refractivity contribution in [3.05, 3.63) is 71.4 Å². The Hall–Kier alpha value is -4.14. The van der Waals surface area contributed by atoms with Gasteiger partial charge in [-0.2, -0.15) is 5.10 Å². The minimum Gasteiger partial charge on any atom is -0.481 e. The monoisotopic (exact) mass is 446 g/mol. The normalized spacial score (nSPS) is 18.2. The lowest BCUT2D eigenvalue weighted by Crippen LogP contribution is -2.26. The number of amides is 2. The molecule has 1 heterocycles. The molecule has 2 aromatic carbocycles. The number of carbonyl (C=O) groups is 3. The zero-order chi connectivity index (χ0) is 22.9. The Kier molecular flexibility index (Phi) is 5.29. The summed E-state index contributed by atoms with van der Waals surface area (Å²) in [6, 6.07) is 17.5. The number of aromatic nitrogens is 2. The fourth-order valence-electron chi connectivity index (χ4n) is 4.34. The van der Waals surface area contributed by atoms with Crippen LogP contribution in [0.2, 0.25) is 0 Å². The third-order valence-electron chi connectivity index (χ3n) is 6.16. The molecule has 1 aromatic heterocycles. The Morgan fingerprint density at radius 1 is 1.06 bits per heavy atom. The number of H-pyrrole nitrogens is 1. The van der Waals surface area contributed by atoms with Crippen LogP contribution >= 0.6 is 0 Å². The van der Waals surface area contributed by atoms with Crippen LogP contribution in [0, 0.1) is 11.8 Å². The molecule has 33 heavy (non-hydrogen) atoms. The van der Waals surface area contributed by atoms with Gasteiger partial charge in [0, 0.05) is 18.5 Å². The summed E-state index contributed by atoms with van der Waals surface area (Å²) < 4.78 is 5.47. The molecule has 1 saturated carbocycles. The number of anilines is 1. The van der Waals surface area contributed by atoms with E-state index in [0.29, 0.717) is 6.42 Å². The lowest BCUT2D eigenvalue weighted by molar-refractivity contribution is -0.138.